The van der Waals surface area contributed by atoms with Gasteiger partial charge in [0.25, 0.3) is 0 Å². The lowest BCUT2D eigenvalue weighted by atomic mass is 9.78. The van der Waals surface area contributed by atoms with Crippen molar-refractivity contribution in [2.24, 2.45) is 51.9 Å². The molecule has 12 rings (SSSR count). The standard InChI is InChI=1S/C24H36NSi.2C23H34NSi.C22H32NSi/c1-18-12-10-11-15-21(18)23-16-24(26(4,5)6)22(17-25(23)3)19(2)20-13-8-7-9-14-20;1-17-11-7-10-14-20(17)22-15-23(25(4,5)6)21(16-24(22)3)18(2)19-12-8-9-13-19;1-18-11-9-10-14-21(18)22-16-23(25(3,4)5)20(17-24(22)2)15-19-12-7-6-8-13-19;1-17-10-6-9-13-20(17)21-15-22(24(3,4)5)19(16-23(21)2)14-18-11-7-8-12-18/h10-12,15-17,19-20H,7-9,13-14H2,1-6H3;7,10-11,14-16,18-19H,8-9,12-13H2,1-6H3;9-11,14,16-17,19H,6-8,12-13,15H2,1-5H3;6,9-10,13,15-16,18H,7-8,11-12,14H2,1-5H3/q4*+1. The van der Waals surface area contributed by atoms with E-state index in [0.717, 1.165) is 23.7 Å². The average molecular weight is 1410 g/mol. The van der Waals surface area contributed by atoms with Crippen molar-refractivity contribution in [3.63, 3.8) is 0 Å². The summed E-state index contributed by atoms with van der Waals surface area (Å²) in [5.74, 6) is 4.90. The molecule has 4 aliphatic rings. The molecule has 0 aliphatic heterocycles. The second-order valence-corrected chi connectivity index (χ2v) is 56.2. The summed E-state index contributed by atoms with van der Waals surface area (Å²) in [6.45, 7) is 43.8. The molecule has 536 valence electrons. The van der Waals surface area contributed by atoms with E-state index in [0.29, 0.717) is 11.8 Å². The number of aromatic nitrogens is 4. The Labute approximate surface area is 615 Å². The van der Waals surface area contributed by atoms with Crippen LogP contribution in [0.4, 0.5) is 0 Å². The first kappa shape index (κ1) is 78.5. The van der Waals surface area contributed by atoms with Crippen LogP contribution in [0.2, 0.25) is 78.6 Å². The number of benzene rings is 4. The Bertz CT molecular complexity index is 4010. The van der Waals surface area contributed by atoms with Gasteiger partial charge in [-0.2, -0.15) is 0 Å². The van der Waals surface area contributed by atoms with Crippen LogP contribution in [0.1, 0.15) is 186 Å². The van der Waals surface area contributed by atoms with Gasteiger partial charge in [-0.05, 0) is 169 Å². The van der Waals surface area contributed by atoms with E-state index in [2.05, 4.69) is 313 Å². The van der Waals surface area contributed by atoms with Crippen LogP contribution in [0, 0.1) is 51.4 Å². The third-order valence-electron chi connectivity index (χ3n) is 23.9. The Hall–Kier alpha value is -5.65. The average Bonchev–Trinajstić information content (AvgIpc) is 0.950. The van der Waals surface area contributed by atoms with Crippen molar-refractivity contribution in [1.82, 2.24) is 0 Å². The predicted molar refractivity (Wildman–Crippen MR) is 444 cm³/mol. The van der Waals surface area contributed by atoms with Gasteiger partial charge in [0, 0.05) is 68.8 Å². The Kier molecular flexibility index (Phi) is 26.9. The molecule has 4 nitrogen and oxygen atoms in total. The van der Waals surface area contributed by atoms with Crippen LogP contribution in [0.3, 0.4) is 0 Å². The van der Waals surface area contributed by atoms with E-state index in [4.69, 9.17) is 0 Å². The number of hydrogen-bond donors (Lipinski definition) is 0. The summed E-state index contributed by atoms with van der Waals surface area (Å²) in [7, 11) is 3.31. The molecule has 0 spiro atoms. The van der Waals surface area contributed by atoms with Crippen molar-refractivity contribution in [3.8, 4) is 45.0 Å². The Morgan fingerprint density at radius 1 is 0.310 bits per heavy atom. The maximum atomic E-state index is 2.53. The quantitative estimate of drug-likeness (QED) is 0.0677. The second-order valence-electron chi connectivity index (χ2n) is 36.0. The highest BCUT2D eigenvalue weighted by Crippen LogP contribution is 2.39. The molecule has 4 saturated carbocycles. The van der Waals surface area contributed by atoms with Crippen LogP contribution in [-0.4, -0.2) is 32.3 Å². The summed E-state index contributed by atoms with van der Waals surface area (Å²) < 4.78 is 9.47. The lowest BCUT2D eigenvalue weighted by Crippen LogP contribution is -2.46. The molecule has 0 amide bonds. The molecule has 4 aliphatic carbocycles. The zero-order chi connectivity index (χ0) is 72.4. The van der Waals surface area contributed by atoms with Crippen LogP contribution >= 0.6 is 0 Å². The summed E-state index contributed by atoms with van der Waals surface area (Å²) in [6, 6.07) is 45.2. The first-order chi connectivity index (χ1) is 47.3. The molecule has 4 aromatic carbocycles. The van der Waals surface area contributed by atoms with E-state index in [1.165, 1.54) is 196 Å². The highest BCUT2D eigenvalue weighted by atomic mass is 28.3. The van der Waals surface area contributed by atoms with Gasteiger partial charge in [-0.3, -0.25) is 0 Å². The van der Waals surface area contributed by atoms with Crippen molar-refractivity contribution in [2.45, 2.75) is 260 Å². The Morgan fingerprint density at radius 3 is 0.810 bits per heavy atom. The summed E-state index contributed by atoms with van der Waals surface area (Å²) in [5.41, 5.74) is 22.8. The van der Waals surface area contributed by atoms with Gasteiger partial charge in [-0.15, -0.1) is 0 Å². The predicted octanol–water partition coefficient (Wildman–Crippen LogP) is 21.0. The van der Waals surface area contributed by atoms with Crippen LogP contribution in [0.25, 0.3) is 45.0 Å². The van der Waals surface area contributed by atoms with Gasteiger partial charge in [0.2, 0.25) is 22.8 Å². The Balaban J connectivity index is 0.000000156. The van der Waals surface area contributed by atoms with Crippen molar-refractivity contribution in [2.75, 3.05) is 0 Å². The van der Waals surface area contributed by atoms with Gasteiger partial charge in [0.15, 0.2) is 24.8 Å². The topological polar surface area (TPSA) is 15.5 Å². The molecule has 4 heterocycles. The van der Waals surface area contributed by atoms with E-state index in [1.807, 2.05) is 0 Å². The van der Waals surface area contributed by atoms with Crippen LogP contribution in [0.5, 0.6) is 0 Å². The minimum atomic E-state index is -1.42. The van der Waals surface area contributed by atoms with E-state index in [-0.39, 0.29) is 0 Å². The summed E-state index contributed by atoms with van der Waals surface area (Å²) >= 11 is 0. The highest BCUT2D eigenvalue weighted by Gasteiger charge is 2.36. The van der Waals surface area contributed by atoms with Crippen molar-refractivity contribution < 1.29 is 18.3 Å². The first-order valence-electron chi connectivity index (χ1n) is 39.7. The zero-order valence-electron chi connectivity index (χ0n) is 67.3. The van der Waals surface area contributed by atoms with E-state index >= 15 is 0 Å². The van der Waals surface area contributed by atoms with Gasteiger partial charge in [-0.25, -0.2) is 18.3 Å². The minimum absolute atomic E-state index is 0.675. The van der Waals surface area contributed by atoms with Crippen molar-refractivity contribution in [1.29, 1.82) is 0 Å². The van der Waals surface area contributed by atoms with E-state index in [1.54, 1.807) is 43.0 Å². The fraction of sp³-hybridized carbons (Fsp3) is 0.522. The van der Waals surface area contributed by atoms with Crippen LogP contribution in [0.15, 0.2) is 146 Å². The molecule has 0 N–H and O–H groups in total. The van der Waals surface area contributed by atoms with Gasteiger partial charge in [-0.1, -0.05) is 255 Å². The molecule has 8 aromatic rings. The van der Waals surface area contributed by atoms with Crippen molar-refractivity contribution >= 4 is 53.0 Å². The summed E-state index contributed by atoms with van der Waals surface area (Å²) in [4.78, 5) is 0. The number of pyridine rings is 4. The van der Waals surface area contributed by atoms with E-state index in [9.17, 15) is 0 Å². The monoisotopic (exact) mass is 1410 g/mol. The normalized spacial score (nSPS) is 16.6. The van der Waals surface area contributed by atoms with Crippen LogP contribution in [-0.2, 0) is 41.0 Å². The molecule has 0 bridgehead atoms. The minimum Gasteiger partial charge on any atom is -0.201 e. The second kappa shape index (κ2) is 34.3. The first-order valence-corrected chi connectivity index (χ1v) is 53.7. The summed E-state index contributed by atoms with van der Waals surface area (Å²) in [6.07, 6.45) is 38.0. The molecule has 2 unspecified atom stereocenters. The number of hydrogen-bond acceptors (Lipinski definition) is 0. The fourth-order valence-electron chi connectivity index (χ4n) is 17.8. The van der Waals surface area contributed by atoms with Gasteiger partial charge >= 0.3 is 0 Å². The SMILES string of the molecule is Cc1ccccc1-c1cc([Si](C)(C)C)c(C(C)C2CCCC2)c[n+]1C.Cc1ccccc1-c1cc([Si](C)(C)C)c(C(C)C2CCCCC2)c[n+]1C.Cc1ccccc1-c1cc([Si](C)(C)C)c(CC2CCCC2)c[n+]1C.Cc1ccccc1-c1cc([Si](C)(C)C)c(CC2CCCCC2)c[n+]1C. The smallest absolute Gasteiger partial charge is 0.201 e. The maximum absolute atomic E-state index is 2.53. The van der Waals surface area contributed by atoms with Gasteiger partial charge in [0.05, 0.1) is 32.3 Å². The molecule has 0 saturated heterocycles. The van der Waals surface area contributed by atoms with Gasteiger partial charge in [0.1, 0.15) is 28.2 Å². The number of aryl methyl sites for hydroxylation is 8. The molecule has 4 fully saturated rings. The lowest BCUT2D eigenvalue weighted by molar-refractivity contribution is -0.660. The zero-order valence-corrected chi connectivity index (χ0v) is 71.3. The number of nitrogens with zero attached hydrogens (tertiary/aromatic N) is 4. The molecule has 8 heteroatoms. The molecule has 2 atom stereocenters. The molecule has 0 radical (unpaired) electrons. The van der Waals surface area contributed by atoms with E-state index < -0.39 is 32.3 Å². The molecule has 100 heavy (non-hydrogen) atoms. The van der Waals surface area contributed by atoms with Gasteiger partial charge < -0.3 is 0 Å². The molecular formula is C92H136N4Si4+4. The summed E-state index contributed by atoms with van der Waals surface area (Å²) in [5, 5.41) is 6.63. The van der Waals surface area contributed by atoms with Crippen LogP contribution < -0.4 is 39.0 Å². The molecular weight excluding hydrogens is 1270 g/mol. The third-order valence-corrected chi connectivity index (χ3v) is 32.2. The Morgan fingerprint density at radius 2 is 0.540 bits per heavy atom. The largest absolute Gasteiger partial charge is 0.212 e. The number of rotatable bonds is 16. The lowest BCUT2D eigenvalue weighted by Gasteiger charge is -2.31. The highest BCUT2D eigenvalue weighted by molar-refractivity contribution is 6.90. The maximum Gasteiger partial charge on any atom is 0.212 e. The van der Waals surface area contributed by atoms with Crippen molar-refractivity contribution in [3.05, 3.63) is 191 Å². The molecule has 4 aromatic heterocycles. The fourth-order valence-corrected chi connectivity index (χ4v) is 24.7. The third kappa shape index (κ3) is 20.0.